The predicted octanol–water partition coefficient (Wildman–Crippen LogP) is 18.1. The number of hydrogen-bond acceptors (Lipinski definition) is 4. The Balaban J connectivity index is 1.12. The molecule has 0 N–H and O–H groups in total. The van der Waals surface area contributed by atoms with E-state index >= 15 is 0 Å². The van der Waals surface area contributed by atoms with Gasteiger partial charge in [0.15, 0.2) is 0 Å². The lowest BCUT2D eigenvalue weighted by molar-refractivity contribution is 0.478. The summed E-state index contributed by atoms with van der Waals surface area (Å²) in [6.07, 6.45) is 4.33. The van der Waals surface area contributed by atoms with Crippen LogP contribution < -0.4 is 14.5 Å². The van der Waals surface area contributed by atoms with Crippen LogP contribution in [0.25, 0.3) is 38.8 Å². The van der Waals surface area contributed by atoms with Crippen LogP contribution in [0.5, 0.6) is 11.5 Å². The van der Waals surface area contributed by atoms with E-state index in [1.54, 1.807) is 0 Å². The molecule has 370 valence electrons. The number of rotatable bonds is 10. The number of anilines is 2. The molecule has 5 nitrogen and oxygen atoms in total. The minimum absolute atomic E-state index is 0.0390. The largest absolute Gasteiger partial charge is 0.457 e. The van der Waals surface area contributed by atoms with E-state index in [-0.39, 0.29) is 27.1 Å². The molecule has 0 aliphatic carbocycles. The maximum absolute atomic E-state index is 7.28. The maximum atomic E-state index is 7.28. The van der Waals surface area contributed by atoms with Crippen LogP contribution in [0.2, 0.25) is 0 Å². The van der Waals surface area contributed by atoms with E-state index in [4.69, 9.17) is 9.72 Å². The fraction of sp³-hybridized carbons (Fsp3) is 0.279. The molecule has 0 atom stereocenters. The van der Waals surface area contributed by atoms with Crippen LogP contribution in [-0.4, -0.2) is 16.2 Å². The summed E-state index contributed by atoms with van der Waals surface area (Å²) < 4.78 is 9.61. The molecule has 0 fully saturated rings. The van der Waals surface area contributed by atoms with Crippen molar-refractivity contribution < 1.29 is 4.74 Å². The second-order valence-electron chi connectivity index (χ2n) is 24.4. The number of allylic oxidation sites excluding steroid dienone is 1. The van der Waals surface area contributed by atoms with Gasteiger partial charge in [-0.05, 0) is 104 Å². The number of para-hydroxylation sites is 1. The van der Waals surface area contributed by atoms with E-state index in [1.165, 1.54) is 55.5 Å². The third-order valence-corrected chi connectivity index (χ3v) is 15.3. The first-order valence-corrected chi connectivity index (χ1v) is 26.0. The number of fused-ring (bicyclic) bond motifs is 3. The zero-order chi connectivity index (χ0) is 51.7. The van der Waals surface area contributed by atoms with Gasteiger partial charge in [0.1, 0.15) is 17.3 Å². The molecule has 0 spiro atoms. The summed E-state index contributed by atoms with van der Waals surface area (Å²) in [6, 6.07) is 64.2. The van der Waals surface area contributed by atoms with Gasteiger partial charge in [-0.15, -0.1) is 0 Å². The number of nitrogens with zero attached hydrogens (tertiary/aromatic N) is 4. The van der Waals surface area contributed by atoms with Crippen molar-refractivity contribution >= 4 is 33.2 Å². The Hall–Kier alpha value is -7.37. The lowest BCUT2D eigenvalue weighted by Crippen LogP contribution is -2.31. The molecular formula is C68H72N4O. The van der Waals surface area contributed by atoms with E-state index in [1.807, 2.05) is 6.20 Å². The number of benzene rings is 7. The highest BCUT2D eigenvalue weighted by atomic mass is 16.5. The molecule has 1 aliphatic rings. The highest BCUT2D eigenvalue weighted by molar-refractivity contribution is 6.11. The standard InChI is InChI=1S/C68H72N4O/c1-64(2,3)50-33-34-69-62(40-50)72-59-32-24-23-31-57(59)63-58(65(4,5)6)42-56(43-60(63)72)73-55-36-47(46-25-17-14-18-26-46)35-54(41-55)71-45-70(44-61(71)66(7,8)9)53-38-51(67(10,11)48-27-19-15-20-28-48)37-52(39-53)68(12,13)49-29-21-16-22-30-49/h14-44H,45H2,1-13H3. The summed E-state index contributed by atoms with van der Waals surface area (Å²) >= 11 is 0. The molecule has 0 saturated carbocycles. The number of hydrogen-bond donors (Lipinski definition) is 0. The number of pyridine rings is 1. The Labute approximate surface area is 434 Å². The van der Waals surface area contributed by atoms with Crippen molar-refractivity contribution in [3.8, 4) is 28.4 Å². The van der Waals surface area contributed by atoms with Gasteiger partial charge in [-0.25, -0.2) is 4.98 Å². The molecule has 0 amide bonds. The van der Waals surface area contributed by atoms with Gasteiger partial charge in [-0.2, -0.15) is 0 Å². The van der Waals surface area contributed by atoms with Gasteiger partial charge >= 0.3 is 0 Å². The van der Waals surface area contributed by atoms with Gasteiger partial charge in [0.05, 0.1) is 17.7 Å². The predicted molar refractivity (Wildman–Crippen MR) is 309 cm³/mol. The van der Waals surface area contributed by atoms with E-state index < -0.39 is 0 Å². The quantitative estimate of drug-likeness (QED) is 0.137. The van der Waals surface area contributed by atoms with Gasteiger partial charge in [0, 0.05) is 68.6 Å². The van der Waals surface area contributed by atoms with Crippen LogP contribution in [0.3, 0.4) is 0 Å². The molecule has 10 rings (SSSR count). The third kappa shape index (κ3) is 9.47. The van der Waals surface area contributed by atoms with E-state index in [9.17, 15) is 0 Å². The van der Waals surface area contributed by atoms with Crippen LogP contribution in [0.4, 0.5) is 11.4 Å². The van der Waals surface area contributed by atoms with Crippen molar-refractivity contribution in [1.29, 1.82) is 0 Å². The van der Waals surface area contributed by atoms with Crippen LogP contribution in [-0.2, 0) is 21.7 Å². The average molecular weight is 961 g/mol. The molecule has 7 aromatic carbocycles. The lowest BCUT2D eigenvalue weighted by atomic mass is 9.73. The van der Waals surface area contributed by atoms with Crippen LogP contribution in [0.15, 0.2) is 194 Å². The van der Waals surface area contributed by atoms with E-state index in [0.29, 0.717) is 6.67 Å². The molecule has 0 radical (unpaired) electrons. The summed E-state index contributed by atoms with van der Waals surface area (Å²) in [5.74, 6) is 2.45. The molecule has 73 heavy (non-hydrogen) atoms. The second-order valence-corrected chi connectivity index (χ2v) is 24.4. The fourth-order valence-electron chi connectivity index (χ4n) is 10.7. The summed E-state index contributed by atoms with van der Waals surface area (Å²) in [5, 5.41) is 2.43. The summed E-state index contributed by atoms with van der Waals surface area (Å²) in [7, 11) is 0. The smallest absolute Gasteiger partial charge is 0.137 e. The topological polar surface area (TPSA) is 33.5 Å². The number of ether oxygens (including phenoxy) is 1. The lowest BCUT2D eigenvalue weighted by Gasteiger charge is -2.33. The highest BCUT2D eigenvalue weighted by Crippen LogP contribution is 2.46. The summed E-state index contributed by atoms with van der Waals surface area (Å²) in [5.41, 5.74) is 14.6. The van der Waals surface area contributed by atoms with Crippen molar-refractivity contribution in [2.75, 3.05) is 16.5 Å². The maximum Gasteiger partial charge on any atom is 0.137 e. The van der Waals surface area contributed by atoms with Gasteiger partial charge in [0.25, 0.3) is 0 Å². The molecule has 5 heteroatoms. The van der Waals surface area contributed by atoms with Gasteiger partial charge in [-0.3, -0.25) is 4.57 Å². The van der Waals surface area contributed by atoms with E-state index in [2.05, 4.69) is 287 Å². The summed E-state index contributed by atoms with van der Waals surface area (Å²) in [6.45, 7) is 30.7. The third-order valence-electron chi connectivity index (χ3n) is 15.3. The van der Waals surface area contributed by atoms with Gasteiger partial charge in [0.2, 0.25) is 0 Å². The molecule has 0 bridgehead atoms. The highest BCUT2D eigenvalue weighted by Gasteiger charge is 2.35. The first-order chi connectivity index (χ1) is 34.6. The summed E-state index contributed by atoms with van der Waals surface area (Å²) in [4.78, 5) is 9.97. The Kier molecular flexibility index (Phi) is 12.3. The minimum Gasteiger partial charge on any atom is -0.457 e. The molecule has 0 saturated heterocycles. The molecule has 0 unspecified atom stereocenters. The molecule has 1 aliphatic heterocycles. The minimum atomic E-state index is -0.248. The normalized spacial score (nSPS) is 13.8. The monoisotopic (exact) mass is 961 g/mol. The molecule has 9 aromatic rings. The Bertz CT molecular complexity index is 3440. The zero-order valence-corrected chi connectivity index (χ0v) is 45.3. The van der Waals surface area contributed by atoms with Crippen molar-refractivity contribution in [3.63, 3.8) is 0 Å². The van der Waals surface area contributed by atoms with Crippen LogP contribution >= 0.6 is 0 Å². The zero-order valence-electron chi connectivity index (χ0n) is 45.3. The van der Waals surface area contributed by atoms with Crippen LogP contribution in [0.1, 0.15) is 123 Å². The van der Waals surface area contributed by atoms with E-state index in [0.717, 1.165) is 45.2 Å². The van der Waals surface area contributed by atoms with Crippen LogP contribution in [0, 0.1) is 5.41 Å². The molecule has 3 heterocycles. The van der Waals surface area contributed by atoms with Crippen molar-refractivity contribution in [3.05, 3.63) is 227 Å². The Morgan fingerprint density at radius 2 is 1.01 bits per heavy atom. The first-order valence-electron chi connectivity index (χ1n) is 26.0. The van der Waals surface area contributed by atoms with Gasteiger partial charge in [-0.1, -0.05) is 205 Å². The SMILES string of the molecule is CC(C)(C)C1=CN(c2cc(C(C)(C)c3ccccc3)cc(C(C)(C)c3ccccc3)c2)CN1c1cc(Oc2cc(C(C)(C)C)c3c4ccccc4n(-c4cc(C(C)(C)C)ccn4)c3c2)cc(-c2ccccc2)c1. The molecular weight excluding hydrogens is 889 g/mol. The Morgan fingerprint density at radius 3 is 1.60 bits per heavy atom. The second kappa shape index (κ2) is 18.3. The Morgan fingerprint density at radius 1 is 0.438 bits per heavy atom. The first kappa shape index (κ1) is 49.2. The fourth-order valence-corrected chi connectivity index (χ4v) is 10.7. The van der Waals surface area contributed by atoms with Gasteiger partial charge < -0.3 is 14.5 Å². The molecule has 2 aromatic heterocycles. The number of aromatic nitrogens is 2. The van der Waals surface area contributed by atoms with Crippen molar-refractivity contribution in [2.45, 2.75) is 112 Å². The average Bonchev–Trinajstić information content (AvgIpc) is 3.98. The van der Waals surface area contributed by atoms with Crippen molar-refractivity contribution in [1.82, 2.24) is 9.55 Å². The van der Waals surface area contributed by atoms with Crippen molar-refractivity contribution in [2.24, 2.45) is 5.41 Å².